The van der Waals surface area contributed by atoms with Crippen molar-refractivity contribution in [3.8, 4) is 0 Å². The fourth-order valence-electron chi connectivity index (χ4n) is 5.95. The molecule has 8 atom stereocenters. The van der Waals surface area contributed by atoms with Crippen LogP contribution in [0.5, 0.6) is 0 Å². The van der Waals surface area contributed by atoms with Crippen LogP contribution < -0.4 is 0 Å². The first kappa shape index (κ1) is 41.4. The van der Waals surface area contributed by atoms with Crippen LogP contribution in [0.3, 0.4) is 0 Å². The number of aromatic nitrogens is 3. The molecule has 49 heavy (non-hydrogen) atoms. The van der Waals surface area contributed by atoms with E-state index in [9.17, 15) is 30.6 Å². The second kappa shape index (κ2) is 24.2. The number of rotatable bonds is 27. The van der Waals surface area contributed by atoms with Crippen molar-refractivity contribution in [1.82, 2.24) is 15.0 Å². The van der Waals surface area contributed by atoms with E-state index in [1.165, 1.54) is 56.0 Å². The second-order valence-electron chi connectivity index (χ2n) is 13.1. The van der Waals surface area contributed by atoms with E-state index in [2.05, 4.69) is 17.2 Å². The lowest BCUT2D eigenvalue weighted by atomic mass is 9.98. The molecule has 0 spiro atoms. The zero-order valence-corrected chi connectivity index (χ0v) is 29.2. The maximum absolute atomic E-state index is 11.3. The van der Waals surface area contributed by atoms with Gasteiger partial charge in [0.05, 0.1) is 51.9 Å². The highest BCUT2D eigenvalue weighted by atomic mass is 16.7. The van der Waals surface area contributed by atoms with Crippen LogP contribution in [-0.4, -0.2) is 115 Å². The van der Waals surface area contributed by atoms with Gasteiger partial charge in [0.15, 0.2) is 6.29 Å². The summed E-state index contributed by atoms with van der Waals surface area (Å²) < 4.78 is 23.9. The summed E-state index contributed by atoms with van der Waals surface area (Å²) in [5.74, 6) is 0. The number of hydrogen-bond donors (Lipinski definition) is 6. The van der Waals surface area contributed by atoms with Crippen LogP contribution in [-0.2, 0) is 32.2 Å². The lowest BCUT2D eigenvalue weighted by Gasteiger charge is -2.40. The number of ether oxygens (including phenoxy) is 4. The maximum Gasteiger partial charge on any atom is 0.186 e. The molecule has 1 saturated heterocycles. The topological polar surface area (TPSA) is 189 Å². The van der Waals surface area contributed by atoms with Crippen molar-refractivity contribution < 1.29 is 49.6 Å². The normalized spacial score (nSPS) is 23.0. The summed E-state index contributed by atoms with van der Waals surface area (Å²) in [5.41, 5.74) is 1.56. The van der Waals surface area contributed by atoms with E-state index in [4.69, 9.17) is 18.9 Å². The van der Waals surface area contributed by atoms with Gasteiger partial charge in [-0.3, -0.25) is 0 Å². The van der Waals surface area contributed by atoms with E-state index in [1.54, 1.807) is 6.20 Å². The second-order valence-corrected chi connectivity index (χ2v) is 13.1. The SMILES string of the molecule is CCCCCCCCCCCCCC[C@@H](O)[C@@H](O)[C@H](CO[C@H]1O[C@H](CO)[C@H](O)[C@H](O)[C@H]1O)n1cc(COCCOCc2ccccc2)nn1. The minimum atomic E-state index is -1.61. The first-order valence-electron chi connectivity index (χ1n) is 18.2. The van der Waals surface area contributed by atoms with Crippen LogP contribution in [0.2, 0.25) is 0 Å². The first-order valence-corrected chi connectivity index (χ1v) is 18.2. The van der Waals surface area contributed by atoms with Gasteiger partial charge >= 0.3 is 0 Å². The van der Waals surface area contributed by atoms with Crippen LogP contribution >= 0.6 is 0 Å². The smallest absolute Gasteiger partial charge is 0.186 e. The molecule has 2 heterocycles. The average Bonchev–Trinajstić information content (AvgIpc) is 3.58. The molecule has 0 unspecified atom stereocenters. The third-order valence-corrected chi connectivity index (χ3v) is 9.05. The lowest BCUT2D eigenvalue weighted by molar-refractivity contribution is -0.304. The Kier molecular flexibility index (Phi) is 20.4. The number of aliphatic hydroxyl groups excluding tert-OH is 6. The molecule has 1 aromatic carbocycles. The molecular weight excluding hydrogens is 634 g/mol. The number of aliphatic hydroxyl groups is 6. The zero-order chi connectivity index (χ0) is 35.3. The van der Waals surface area contributed by atoms with Gasteiger partial charge in [-0.2, -0.15) is 0 Å². The minimum Gasteiger partial charge on any atom is -0.394 e. The lowest BCUT2D eigenvalue weighted by Crippen LogP contribution is -2.59. The highest BCUT2D eigenvalue weighted by Crippen LogP contribution is 2.25. The molecule has 1 fully saturated rings. The fourth-order valence-corrected chi connectivity index (χ4v) is 5.95. The Morgan fingerprint density at radius 1 is 0.796 bits per heavy atom. The van der Waals surface area contributed by atoms with Crippen molar-refractivity contribution in [2.45, 2.75) is 153 Å². The summed E-state index contributed by atoms with van der Waals surface area (Å²) in [4.78, 5) is 0. The zero-order valence-electron chi connectivity index (χ0n) is 29.2. The number of nitrogens with zero attached hydrogens (tertiary/aromatic N) is 3. The molecule has 0 aliphatic carbocycles. The Morgan fingerprint density at radius 2 is 1.41 bits per heavy atom. The predicted octanol–water partition coefficient (Wildman–Crippen LogP) is 3.18. The van der Waals surface area contributed by atoms with Crippen molar-refractivity contribution in [3.63, 3.8) is 0 Å². The van der Waals surface area contributed by atoms with Crippen LogP contribution in [0.15, 0.2) is 36.5 Å². The Hall–Kier alpha value is -2.04. The summed E-state index contributed by atoms with van der Waals surface area (Å²) in [6.07, 6.45) is 6.57. The number of hydrogen-bond acceptors (Lipinski definition) is 12. The highest BCUT2D eigenvalue weighted by Gasteiger charge is 2.44. The molecule has 0 saturated carbocycles. The molecule has 13 nitrogen and oxygen atoms in total. The third-order valence-electron chi connectivity index (χ3n) is 9.05. The molecule has 0 amide bonds. The Bertz CT molecular complexity index is 1090. The molecule has 0 radical (unpaired) electrons. The molecule has 1 aliphatic heterocycles. The standard InChI is InChI=1S/C36H61N3O10/c1-2-3-4-5-6-7-8-9-10-11-12-16-19-30(41)32(42)29(26-48-36-35(45)34(44)33(43)31(23-40)49-36)39-22-28(37-38-39)25-47-21-20-46-24-27-17-14-13-15-18-27/h13-15,17-18,22,29-36,40-45H,2-12,16,19-21,23-26H2,1H3/t29-,30+,31+,32-,33-,34-,35+,36-/m0/s1. The van der Waals surface area contributed by atoms with Gasteiger partial charge < -0.3 is 49.6 Å². The minimum absolute atomic E-state index is 0.145. The Morgan fingerprint density at radius 3 is 2.04 bits per heavy atom. The first-order chi connectivity index (χ1) is 23.8. The summed E-state index contributed by atoms with van der Waals surface area (Å²) >= 11 is 0. The molecular formula is C36H61N3O10. The van der Waals surface area contributed by atoms with Gasteiger partial charge in [-0.25, -0.2) is 4.68 Å². The number of unbranched alkanes of at least 4 members (excludes halogenated alkanes) is 11. The average molecular weight is 696 g/mol. The van der Waals surface area contributed by atoms with E-state index in [0.29, 0.717) is 31.9 Å². The van der Waals surface area contributed by atoms with Crippen molar-refractivity contribution >= 4 is 0 Å². The molecule has 13 heteroatoms. The molecule has 280 valence electrons. The van der Waals surface area contributed by atoms with E-state index in [1.807, 2.05) is 30.3 Å². The molecule has 3 rings (SSSR count). The van der Waals surface area contributed by atoms with Gasteiger partial charge in [-0.05, 0) is 12.0 Å². The Balaban J connectivity index is 1.48. The van der Waals surface area contributed by atoms with Crippen LogP contribution in [0.1, 0.15) is 108 Å². The van der Waals surface area contributed by atoms with Crippen LogP contribution in [0.4, 0.5) is 0 Å². The summed E-state index contributed by atoms with van der Waals surface area (Å²) in [6, 6.07) is 8.90. The highest BCUT2D eigenvalue weighted by molar-refractivity contribution is 5.13. The Labute approximate surface area is 291 Å². The maximum atomic E-state index is 11.3. The third kappa shape index (κ3) is 15.0. The molecule has 1 aromatic heterocycles. The monoisotopic (exact) mass is 695 g/mol. The van der Waals surface area contributed by atoms with E-state index in [0.717, 1.165) is 31.2 Å². The molecule has 0 bridgehead atoms. The molecule has 2 aromatic rings. The van der Waals surface area contributed by atoms with Crippen molar-refractivity contribution in [3.05, 3.63) is 47.8 Å². The fraction of sp³-hybridized carbons (Fsp3) is 0.778. The van der Waals surface area contributed by atoms with Gasteiger partial charge in [0.2, 0.25) is 0 Å². The molecule has 1 aliphatic rings. The van der Waals surface area contributed by atoms with Gasteiger partial charge in [-0.1, -0.05) is 120 Å². The van der Waals surface area contributed by atoms with Crippen LogP contribution in [0.25, 0.3) is 0 Å². The van der Waals surface area contributed by atoms with Crippen molar-refractivity contribution in [2.24, 2.45) is 0 Å². The van der Waals surface area contributed by atoms with E-state index < -0.39 is 55.6 Å². The summed E-state index contributed by atoms with van der Waals surface area (Å²) in [6.45, 7) is 2.71. The van der Waals surface area contributed by atoms with Crippen LogP contribution in [0, 0.1) is 0 Å². The largest absolute Gasteiger partial charge is 0.394 e. The van der Waals surface area contributed by atoms with Gasteiger partial charge in [-0.15, -0.1) is 5.10 Å². The summed E-state index contributed by atoms with van der Waals surface area (Å²) in [7, 11) is 0. The van der Waals surface area contributed by atoms with E-state index >= 15 is 0 Å². The van der Waals surface area contributed by atoms with E-state index in [-0.39, 0.29) is 13.2 Å². The van der Waals surface area contributed by atoms with Gasteiger partial charge in [0, 0.05) is 0 Å². The van der Waals surface area contributed by atoms with Gasteiger partial charge in [0.25, 0.3) is 0 Å². The predicted molar refractivity (Wildman–Crippen MR) is 182 cm³/mol. The van der Waals surface area contributed by atoms with Crippen molar-refractivity contribution in [1.29, 1.82) is 0 Å². The summed E-state index contributed by atoms with van der Waals surface area (Å²) in [5, 5.41) is 70.8. The van der Waals surface area contributed by atoms with Crippen molar-refractivity contribution in [2.75, 3.05) is 26.4 Å². The quantitative estimate of drug-likeness (QED) is 0.0751. The molecule has 6 N–H and O–H groups in total. The van der Waals surface area contributed by atoms with Gasteiger partial charge in [0.1, 0.15) is 42.3 Å². The number of benzene rings is 1.